The van der Waals surface area contributed by atoms with Crippen molar-refractivity contribution in [2.24, 2.45) is 5.92 Å². The average molecular weight is 309 g/mol. The van der Waals surface area contributed by atoms with Gasteiger partial charge >= 0.3 is 0 Å². The van der Waals surface area contributed by atoms with Gasteiger partial charge in [-0.15, -0.1) is 0 Å². The monoisotopic (exact) mass is 309 g/mol. The molecule has 2 rings (SSSR count). The minimum Gasteiger partial charge on any atom is -0.389 e. The maximum absolute atomic E-state index is 9.91. The van der Waals surface area contributed by atoms with Crippen LogP contribution in [0.4, 0.5) is 0 Å². The Morgan fingerprint density at radius 2 is 1.35 bits per heavy atom. The lowest BCUT2D eigenvalue weighted by molar-refractivity contribution is 0.171. The molecule has 2 nitrogen and oxygen atoms in total. The maximum atomic E-state index is 9.91. The Hall–Kier alpha value is -1.90. The fraction of sp³-hybridized carbons (Fsp3) is 0.333. The van der Waals surface area contributed by atoms with E-state index >= 15 is 0 Å². The molecule has 0 heterocycles. The standard InChI is InChI=1S/C21H27NO/c1-18(2)21(23)14-9-15-22(16-19-10-5-3-6-11-19)17-20-12-7-4-8-13-20/h3-14,18,21,23H,15-17H2,1-2H3. The molecular formula is C21H27NO. The van der Waals surface area contributed by atoms with Crippen LogP contribution >= 0.6 is 0 Å². The quantitative estimate of drug-likeness (QED) is 0.736. The summed E-state index contributed by atoms with van der Waals surface area (Å²) in [6.45, 7) is 6.69. The molecular weight excluding hydrogens is 282 g/mol. The summed E-state index contributed by atoms with van der Waals surface area (Å²) in [6.07, 6.45) is 3.62. The van der Waals surface area contributed by atoms with Gasteiger partial charge in [0.05, 0.1) is 6.10 Å². The number of nitrogens with zero attached hydrogens (tertiary/aromatic N) is 1. The van der Waals surface area contributed by atoms with Gasteiger partial charge in [0, 0.05) is 19.6 Å². The van der Waals surface area contributed by atoms with Crippen molar-refractivity contribution < 1.29 is 5.11 Å². The van der Waals surface area contributed by atoms with Crippen LogP contribution in [0, 0.1) is 5.92 Å². The van der Waals surface area contributed by atoms with Gasteiger partial charge in [-0.2, -0.15) is 0 Å². The van der Waals surface area contributed by atoms with Crippen LogP contribution in [-0.4, -0.2) is 22.7 Å². The minimum absolute atomic E-state index is 0.253. The largest absolute Gasteiger partial charge is 0.389 e. The molecule has 0 spiro atoms. The van der Waals surface area contributed by atoms with Crippen LogP contribution in [0.3, 0.4) is 0 Å². The van der Waals surface area contributed by atoms with Gasteiger partial charge in [0.2, 0.25) is 0 Å². The van der Waals surface area contributed by atoms with Crippen LogP contribution in [0.5, 0.6) is 0 Å². The first-order valence-corrected chi connectivity index (χ1v) is 8.30. The Morgan fingerprint density at radius 3 is 1.78 bits per heavy atom. The third-order valence-corrected chi connectivity index (χ3v) is 3.88. The fourth-order valence-corrected chi connectivity index (χ4v) is 2.44. The summed E-state index contributed by atoms with van der Waals surface area (Å²) in [7, 11) is 0. The van der Waals surface area contributed by atoms with E-state index in [0.717, 1.165) is 19.6 Å². The lowest BCUT2D eigenvalue weighted by Gasteiger charge is -2.21. The Balaban J connectivity index is 2.02. The molecule has 0 saturated carbocycles. The molecule has 0 aliphatic heterocycles. The summed E-state index contributed by atoms with van der Waals surface area (Å²) in [4.78, 5) is 2.38. The van der Waals surface area contributed by atoms with Gasteiger partial charge in [0.1, 0.15) is 0 Å². The normalized spacial score (nSPS) is 13.1. The predicted molar refractivity (Wildman–Crippen MR) is 97.0 cm³/mol. The highest BCUT2D eigenvalue weighted by Gasteiger charge is 2.07. The second-order valence-electron chi connectivity index (χ2n) is 6.30. The summed E-state index contributed by atoms with van der Waals surface area (Å²) in [5.74, 6) is 0.253. The van der Waals surface area contributed by atoms with Gasteiger partial charge in [0.15, 0.2) is 0 Å². The highest BCUT2D eigenvalue weighted by atomic mass is 16.3. The maximum Gasteiger partial charge on any atom is 0.0744 e. The van der Waals surface area contributed by atoms with Crippen molar-refractivity contribution in [1.82, 2.24) is 4.90 Å². The highest BCUT2D eigenvalue weighted by molar-refractivity contribution is 5.17. The topological polar surface area (TPSA) is 23.5 Å². The zero-order valence-electron chi connectivity index (χ0n) is 14.1. The van der Waals surface area contributed by atoms with Crippen molar-refractivity contribution in [1.29, 1.82) is 0 Å². The van der Waals surface area contributed by atoms with Crippen LogP contribution in [0.2, 0.25) is 0 Å². The van der Waals surface area contributed by atoms with Gasteiger partial charge < -0.3 is 5.11 Å². The Labute approximate surface area is 140 Å². The summed E-state index contributed by atoms with van der Waals surface area (Å²) < 4.78 is 0. The molecule has 1 atom stereocenters. The van der Waals surface area contributed by atoms with Gasteiger partial charge in [-0.05, 0) is 17.0 Å². The van der Waals surface area contributed by atoms with E-state index in [0.29, 0.717) is 0 Å². The molecule has 1 unspecified atom stereocenters. The zero-order chi connectivity index (χ0) is 16.5. The Morgan fingerprint density at radius 1 is 0.870 bits per heavy atom. The van der Waals surface area contributed by atoms with Crippen LogP contribution < -0.4 is 0 Å². The van der Waals surface area contributed by atoms with Gasteiger partial charge in [-0.25, -0.2) is 0 Å². The van der Waals surface area contributed by atoms with Gasteiger partial charge in [0.25, 0.3) is 0 Å². The van der Waals surface area contributed by atoms with Crippen LogP contribution in [0.25, 0.3) is 0 Å². The first-order valence-electron chi connectivity index (χ1n) is 8.30. The smallest absolute Gasteiger partial charge is 0.0744 e. The Bertz CT molecular complexity index is 536. The summed E-state index contributed by atoms with van der Waals surface area (Å²) in [5, 5.41) is 9.91. The van der Waals surface area contributed by atoms with E-state index in [-0.39, 0.29) is 12.0 Å². The molecule has 122 valence electrons. The number of aliphatic hydroxyl groups is 1. The molecule has 1 N–H and O–H groups in total. The third kappa shape index (κ3) is 6.39. The van der Waals surface area contributed by atoms with E-state index in [1.807, 2.05) is 32.1 Å². The van der Waals surface area contributed by atoms with E-state index in [9.17, 15) is 5.11 Å². The van der Waals surface area contributed by atoms with Crippen molar-refractivity contribution in [2.45, 2.75) is 33.0 Å². The van der Waals surface area contributed by atoms with Crippen molar-refractivity contribution in [3.05, 3.63) is 83.9 Å². The molecule has 2 aromatic rings. The zero-order valence-corrected chi connectivity index (χ0v) is 14.1. The van der Waals surface area contributed by atoms with E-state index in [1.165, 1.54) is 11.1 Å². The number of hydrogen-bond acceptors (Lipinski definition) is 2. The van der Waals surface area contributed by atoms with Crippen molar-refractivity contribution >= 4 is 0 Å². The molecule has 0 amide bonds. The average Bonchev–Trinajstić information content (AvgIpc) is 2.56. The SMILES string of the molecule is CC(C)C(O)C=CCN(Cc1ccccc1)Cc1ccccc1. The van der Waals surface area contributed by atoms with E-state index in [4.69, 9.17) is 0 Å². The molecule has 0 aliphatic rings. The molecule has 0 bridgehead atoms. The number of rotatable bonds is 8. The second kappa shape index (κ2) is 9.29. The van der Waals surface area contributed by atoms with Crippen molar-refractivity contribution in [2.75, 3.05) is 6.54 Å². The summed E-state index contributed by atoms with van der Waals surface area (Å²) in [5.41, 5.74) is 2.61. The molecule has 0 fully saturated rings. The predicted octanol–water partition coefficient (Wildman–Crippen LogP) is 4.26. The summed E-state index contributed by atoms with van der Waals surface area (Å²) in [6, 6.07) is 21.0. The van der Waals surface area contributed by atoms with E-state index in [1.54, 1.807) is 0 Å². The van der Waals surface area contributed by atoms with Gasteiger partial charge in [-0.1, -0.05) is 86.7 Å². The number of aliphatic hydroxyl groups excluding tert-OH is 1. The minimum atomic E-state index is -0.370. The highest BCUT2D eigenvalue weighted by Crippen LogP contribution is 2.10. The molecule has 0 radical (unpaired) electrons. The number of benzene rings is 2. The second-order valence-corrected chi connectivity index (χ2v) is 6.30. The molecule has 2 heteroatoms. The Kier molecular flexibility index (Phi) is 7.05. The van der Waals surface area contributed by atoms with Gasteiger partial charge in [-0.3, -0.25) is 4.90 Å². The first-order chi connectivity index (χ1) is 11.1. The lowest BCUT2D eigenvalue weighted by Crippen LogP contribution is -2.23. The molecule has 0 aliphatic carbocycles. The number of hydrogen-bond donors (Lipinski definition) is 1. The van der Waals surface area contributed by atoms with E-state index in [2.05, 4.69) is 59.5 Å². The van der Waals surface area contributed by atoms with Crippen LogP contribution in [0.15, 0.2) is 72.8 Å². The van der Waals surface area contributed by atoms with Crippen molar-refractivity contribution in [3.63, 3.8) is 0 Å². The molecule has 0 saturated heterocycles. The summed E-state index contributed by atoms with van der Waals surface area (Å²) >= 11 is 0. The lowest BCUT2D eigenvalue weighted by atomic mass is 10.1. The van der Waals surface area contributed by atoms with Crippen LogP contribution in [-0.2, 0) is 13.1 Å². The van der Waals surface area contributed by atoms with Crippen molar-refractivity contribution in [3.8, 4) is 0 Å². The molecule has 0 aromatic heterocycles. The third-order valence-electron chi connectivity index (χ3n) is 3.88. The van der Waals surface area contributed by atoms with Crippen LogP contribution in [0.1, 0.15) is 25.0 Å². The molecule has 23 heavy (non-hydrogen) atoms. The molecule has 2 aromatic carbocycles. The fourth-order valence-electron chi connectivity index (χ4n) is 2.44. The first kappa shape index (κ1) is 17.5. The van der Waals surface area contributed by atoms with E-state index < -0.39 is 0 Å².